The van der Waals surface area contributed by atoms with Crippen molar-refractivity contribution in [1.82, 2.24) is 4.90 Å². The van der Waals surface area contributed by atoms with Crippen molar-refractivity contribution in [2.45, 2.75) is 32.2 Å². The quantitative estimate of drug-likeness (QED) is 0.910. The molecule has 1 aliphatic carbocycles. The van der Waals surface area contributed by atoms with Crippen molar-refractivity contribution in [2.75, 3.05) is 26.5 Å². The van der Waals surface area contributed by atoms with Crippen LogP contribution in [0.2, 0.25) is 0 Å². The molecule has 0 heterocycles. The first kappa shape index (κ1) is 13.9. The molecular weight excluding hydrogens is 240 g/mol. The number of ether oxygens (including phenoxy) is 1. The molecule has 0 saturated heterocycles. The molecule has 0 bridgehead atoms. The van der Waals surface area contributed by atoms with Crippen LogP contribution >= 0.6 is 0 Å². The van der Waals surface area contributed by atoms with E-state index in [9.17, 15) is 4.79 Å². The second-order valence-electron chi connectivity index (χ2n) is 5.26. The number of nitrogens with one attached hydrogen (secondary N) is 1. The first-order chi connectivity index (χ1) is 9.04. The summed E-state index contributed by atoms with van der Waals surface area (Å²) < 4.78 is 5.47. The van der Waals surface area contributed by atoms with Crippen molar-refractivity contribution in [3.05, 3.63) is 23.3 Å². The van der Waals surface area contributed by atoms with E-state index in [-0.39, 0.29) is 5.91 Å². The van der Waals surface area contributed by atoms with Gasteiger partial charge in [0.15, 0.2) is 0 Å². The number of hydrogen-bond acceptors (Lipinski definition) is 3. The zero-order chi connectivity index (χ0) is 14.0. The standard InChI is InChI=1S/C15H22N2O2/c1-10(18)16-12-8-9-14(19-4)11-6-5-7-13(15(11)12)17(2)3/h8-9,13H,5-7H2,1-4H3,(H,16,18). The highest BCUT2D eigenvalue weighted by molar-refractivity contribution is 5.90. The highest BCUT2D eigenvalue weighted by Gasteiger charge is 2.27. The maximum atomic E-state index is 11.4. The molecule has 0 spiro atoms. The van der Waals surface area contributed by atoms with Crippen molar-refractivity contribution in [2.24, 2.45) is 0 Å². The molecule has 0 saturated carbocycles. The Morgan fingerprint density at radius 3 is 2.74 bits per heavy atom. The summed E-state index contributed by atoms with van der Waals surface area (Å²) in [6, 6.07) is 4.23. The fourth-order valence-corrected chi connectivity index (χ4v) is 2.91. The third kappa shape index (κ3) is 2.73. The molecule has 104 valence electrons. The maximum absolute atomic E-state index is 11.4. The zero-order valence-electron chi connectivity index (χ0n) is 12.1. The molecule has 4 heteroatoms. The van der Waals surface area contributed by atoms with E-state index in [1.807, 2.05) is 12.1 Å². The van der Waals surface area contributed by atoms with Crippen LogP contribution in [0, 0.1) is 0 Å². The average Bonchev–Trinajstić information content (AvgIpc) is 2.37. The van der Waals surface area contributed by atoms with Gasteiger partial charge in [-0.15, -0.1) is 0 Å². The minimum atomic E-state index is -0.0320. The summed E-state index contributed by atoms with van der Waals surface area (Å²) in [5, 5.41) is 2.95. The molecule has 2 rings (SSSR count). The van der Waals surface area contributed by atoms with Gasteiger partial charge in [0.05, 0.1) is 7.11 Å². The number of methoxy groups -OCH3 is 1. The van der Waals surface area contributed by atoms with Crippen LogP contribution in [0.25, 0.3) is 0 Å². The Morgan fingerprint density at radius 2 is 2.16 bits per heavy atom. The molecule has 1 aliphatic rings. The summed E-state index contributed by atoms with van der Waals surface area (Å²) in [5.41, 5.74) is 3.37. The predicted molar refractivity (Wildman–Crippen MR) is 76.7 cm³/mol. The second-order valence-corrected chi connectivity index (χ2v) is 5.26. The van der Waals surface area contributed by atoms with E-state index in [1.165, 1.54) is 11.1 Å². The Labute approximate surface area is 114 Å². The van der Waals surface area contributed by atoms with Crippen molar-refractivity contribution in [1.29, 1.82) is 0 Å². The van der Waals surface area contributed by atoms with Gasteiger partial charge in [-0.25, -0.2) is 0 Å². The van der Waals surface area contributed by atoms with Crippen LogP contribution in [0.1, 0.15) is 36.9 Å². The van der Waals surface area contributed by atoms with Gasteiger partial charge < -0.3 is 15.0 Å². The van der Waals surface area contributed by atoms with Crippen molar-refractivity contribution in [3.63, 3.8) is 0 Å². The summed E-state index contributed by atoms with van der Waals surface area (Å²) in [5.74, 6) is 0.895. The zero-order valence-corrected chi connectivity index (χ0v) is 12.1. The maximum Gasteiger partial charge on any atom is 0.221 e. The molecule has 1 N–H and O–H groups in total. The van der Waals surface area contributed by atoms with Gasteiger partial charge in [0.25, 0.3) is 0 Å². The van der Waals surface area contributed by atoms with Gasteiger partial charge in [0, 0.05) is 24.2 Å². The number of nitrogens with zero attached hydrogens (tertiary/aromatic N) is 1. The lowest BCUT2D eigenvalue weighted by molar-refractivity contribution is -0.114. The van der Waals surface area contributed by atoms with Gasteiger partial charge in [0.2, 0.25) is 5.91 Å². The van der Waals surface area contributed by atoms with E-state index in [0.29, 0.717) is 6.04 Å². The summed E-state index contributed by atoms with van der Waals surface area (Å²) in [7, 11) is 5.86. The topological polar surface area (TPSA) is 41.6 Å². The van der Waals surface area contributed by atoms with Crippen LogP contribution in [-0.2, 0) is 11.2 Å². The minimum absolute atomic E-state index is 0.0320. The molecule has 0 aromatic heterocycles. The summed E-state index contributed by atoms with van der Waals surface area (Å²) in [4.78, 5) is 13.6. The molecule has 19 heavy (non-hydrogen) atoms. The Hall–Kier alpha value is -1.55. The van der Waals surface area contributed by atoms with Gasteiger partial charge in [-0.1, -0.05) is 0 Å². The van der Waals surface area contributed by atoms with Crippen molar-refractivity contribution >= 4 is 11.6 Å². The van der Waals surface area contributed by atoms with Crippen LogP contribution < -0.4 is 10.1 Å². The van der Waals surface area contributed by atoms with E-state index in [2.05, 4.69) is 24.3 Å². The van der Waals surface area contributed by atoms with E-state index in [1.54, 1.807) is 14.0 Å². The fourth-order valence-electron chi connectivity index (χ4n) is 2.91. The summed E-state index contributed by atoms with van der Waals surface area (Å²) in [6.07, 6.45) is 3.27. The van der Waals surface area contributed by atoms with Crippen LogP contribution in [0.4, 0.5) is 5.69 Å². The molecule has 1 amide bonds. The Bertz CT molecular complexity index is 483. The second kappa shape index (κ2) is 5.61. The third-order valence-corrected chi connectivity index (χ3v) is 3.71. The highest BCUT2D eigenvalue weighted by atomic mass is 16.5. The number of carbonyl (C=O) groups is 1. The molecule has 1 atom stereocenters. The highest BCUT2D eigenvalue weighted by Crippen LogP contribution is 2.42. The molecule has 4 nitrogen and oxygen atoms in total. The first-order valence-corrected chi connectivity index (χ1v) is 6.68. The number of hydrogen-bond donors (Lipinski definition) is 1. The molecule has 0 fully saturated rings. The molecule has 0 radical (unpaired) electrons. The third-order valence-electron chi connectivity index (χ3n) is 3.71. The Balaban J connectivity index is 2.55. The van der Waals surface area contributed by atoms with Crippen LogP contribution in [-0.4, -0.2) is 32.0 Å². The fraction of sp³-hybridized carbons (Fsp3) is 0.533. The van der Waals surface area contributed by atoms with Gasteiger partial charge in [-0.2, -0.15) is 0 Å². The minimum Gasteiger partial charge on any atom is -0.496 e. The summed E-state index contributed by atoms with van der Waals surface area (Å²) >= 11 is 0. The van der Waals surface area contributed by atoms with E-state index < -0.39 is 0 Å². The summed E-state index contributed by atoms with van der Waals surface area (Å²) in [6.45, 7) is 1.55. The van der Waals surface area contributed by atoms with Gasteiger partial charge in [-0.05, 0) is 51.1 Å². The average molecular weight is 262 g/mol. The smallest absolute Gasteiger partial charge is 0.221 e. The normalized spacial score (nSPS) is 18.1. The number of carbonyl (C=O) groups excluding carboxylic acids is 1. The van der Waals surface area contributed by atoms with E-state index >= 15 is 0 Å². The van der Waals surface area contributed by atoms with Gasteiger partial charge in [0.1, 0.15) is 5.75 Å². The number of amides is 1. The lowest BCUT2D eigenvalue weighted by Crippen LogP contribution is -2.26. The number of benzene rings is 1. The van der Waals surface area contributed by atoms with E-state index in [0.717, 1.165) is 30.7 Å². The van der Waals surface area contributed by atoms with Crippen LogP contribution in [0.3, 0.4) is 0 Å². The van der Waals surface area contributed by atoms with Gasteiger partial charge in [-0.3, -0.25) is 4.79 Å². The number of fused-ring (bicyclic) bond motifs is 1. The lowest BCUT2D eigenvalue weighted by Gasteiger charge is -2.33. The SMILES string of the molecule is COc1ccc(NC(C)=O)c2c1CCCC2N(C)C. The lowest BCUT2D eigenvalue weighted by atomic mass is 9.85. The van der Waals surface area contributed by atoms with Crippen LogP contribution in [0.5, 0.6) is 5.75 Å². The molecule has 1 aromatic carbocycles. The van der Waals surface area contributed by atoms with Gasteiger partial charge >= 0.3 is 0 Å². The van der Waals surface area contributed by atoms with E-state index in [4.69, 9.17) is 4.74 Å². The molecular formula is C15H22N2O2. The first-order valence-electron chi connectivity index (χ1n) is 6.68. The largest absolute Gasteiger partial charge is 0.496 e. The molecule has 0 aliphatic heterocycles. The van der Waals surface area contributed by atoms with Crippen molar-refractivity contribution < 1.29 is 9.53 Å². The Morgan fingerprint density at radius 1 is 1.42 bits per heavy atom. The number of anilines is 1. The number of rotatable bonds is 3. The Kier molecular flexibility index (Phi) is 4.10. The predicted octanol–water partition coefficient (Wildman–Crippen LogP) is 2.59. The van der Waals surface area contributed by atoms with Crippen LogP contribution in [0.15, 0.2) is 12.1 Å². The molecule has 1 unspecified atom stereocenters. The van der Waals surface area contributed by atoms with Crippen molar-refractivity contribution in [3.8, 4) is 5.75 Å². The monoisotopic (exact) mass is 262 g/mol. The molecule has 1 aromatic rings.